The van der Waals surface area contributed by atoms with Crippen LogP contribution in [-0.4, -0.2) is 34.3 Å². The van der Waals surface area contributed by atoms with Gasteiger partial charge in [0.2, 0.25) is 5.89 Å². The van der Waals surface area contributed by atoms with Crippen LogP contribution < -0.4 is 0 Å². The molecular weight excluding hydrogens is 298 g/mol. The Morgan fingerprint density at radius 2 is 2.23 bits per heavy atom. The minimum atomic E-state index is 0.339. The SMILES string of the molecule is c1csc(CN(Cc2nc(C3CC3)no2)CC2CCCO2)c1. The molecule has 3 heterocycles. The van der Waals surface area contributed by atoms with E-state index in [2.05, 4.69) is 32.6 Å². The van der Waals surface area contributed by atoms with Gasteiger partial charge in [0, 0.05) is 30.5 Å². The second kappa shape index (κ2) is 6.48. The van der Waals surface area contributed by atoms with Crippen LogP contribution in [0.1, 0.15) is 48.2 Å². The number of nitrogens with zero attached hydrogens (tertiary/aromatic N) is 3. The lowest BCUT2D eigenvalue weighted by molar-refractivity contribution is 0.0644. The van der Waals surface area contributed by atoms with Gasteiger partial charge < -0.3 is 9.26 Å². The Labute approximate surface area is 134 Å². The van der Waals surface area contributed by atoms with Crippen LogP contribution in [0.3, 0.4) is 0 Å². The molecule has 0 amide bonds. The first-order valence-electron chi connectivity index (χ1n) is 8.05. The van der Waals surface area contributed by atoms with Crippen LogP contribution in [-0.2, 0) is 17.8 Å². The van der Waals surface area contributed by atoms with Gasteiger partial charge in [0.25, 0.3) is 0 Å². The molecule has 0 aromatic carbocycles. The van der Waals surface area contributed by atoms with Crippen molar-refractivity contribution in [2.45, 2.75) is 50.8 Å². The number of hydrogen-bond acceptors (Lipinski definition) is 6. The molecule has 2 fully saturated rings. The molecule has 5 nitrogen and oxygen atoms in total. The molecule has 2 aromatic heterocycles. The fourth-order valence-electron chi connectivity index (χ4n) is 2.92. The summed E-state index contributed by atoms with van der Waals surface area (Å²) in [5, 5.41) is 6.24. The molecule has 22 heavy (non-hydrogen) atoms. The molecule has 118 valence electrons. The smallest absolute Gasteiger partial charge is 0.240 e. The fourth-order valence-corrected chi connectivity index (χ4v) is 3.66. The zero-order chi connectivity index (χ0) is 14.8. The van der Waals surface area contributed by atoms with Gasteiger partial charge >= 0.3 is 0 Å². The molecule has 1 saturated heterocycles. The summed E-state index contributed by atoms with van der Waals surface area (Å²) in [4.78, 5) is 8.29. The molecule has 2 aliphatic rings. The Morgan fingerprint density at radius 3 is 2.95 bits per heavy atom. The van der Waals surface area contributed by atoms with E-state index < -0.39 is 0 Å². The molecule has 2 aromatic rings. The van der Waals surface area contributed by atoms with Crippen LogP contribution in [0.2, 0.25) is 0 Å². The van der Waals surface area contributed by atoms with Crippen molar-refractivity contribution >= 4 is 11.3 Å². The van der Waals surface area contributed by atoms with E-state index in [1.807, 2.05) is 0 Å². The van der Waals surface area contributed by atoms with Crippen molar-refractivity contribution in [2.24, 2.45) is 0 Å². The number of rotatable bonds is 7. The quantitative estimate of drug-likeness (QED) is 0.784. The average molecular weight is 319 g/mol. The molecule has 1 aliphatic carbocycles. The molecular formula is C16H21N3O2S. The number of ether oxygens (including phenoxy) is 1. The highest BCUT2D eigenvalue weighted by atomic mass is 32.1. The van der Waals surface area contributed by atoms with Crippen LogP contribution in [0.5, 0.6) is 0 Å². The lowest BCUT2D eigenvalue weighted by Gasteiger charge is -2.23. The Balaban J connectivity index is 1.42. The van der Waals surface area contributed by atoms with Gasteiger partial charge in [-0.3, -0.25) is 4.90 Å². The van der Waals surface area contributed by atoms with E-state index >= 15 is 0 Å². The molecule has 4 rings (SSSR count). The Bertz CT molecular complexity index is 588. The van der Waals surface area contributed by atoms with E-state index in [4.69, 9.17) is 9.26 Å². The van der Waals surface area contributed by atoms with Crippen LogP contribution in [0.4, 0.5) is 0 Å². The zero-order valence-corrected chi connectivity index (χ0v) is 13.4. The van der Waals surface area contributed by atoms with Gasteiger partial charge in [0.1, 0.15) is 0 Å². The van der Waals surface area contributed by atoms with Crippen LogP contribution in [0.15, 0.2) is 22.0 Å². The molecule has 1 aliphatic heterocycles. The monoisotopic (exact) mass is 319 g/mol. The van der Waals surface area contributed by atoms with Crippen molar-refractivity contribution in [2.75, 3.05) is 13.2 Å². The third kappa shape index (κ3) is 3.56. The fraction of sp³-hybridized carbons (Fsp3) is 0.625. The van der Waals surface area contributed by atoms with E-state index in [-0.39, 0.29) is 0 Å². The van der Waals surface area contributed by atoms with E-state index in [9.17, 15) is 0 Å². The first-order chi connectivity index (χ1) is 10.9. The van der Waals surface area contributed by atoms with Gasteiger partial charge in [-0.05, 0) is 37.1 Å². The molecule has 1 unspecified atom stereocenters. The lowest BCUT2D eigenvalue weighted by Crippen LogP contribution is -2.31. The standard InChI is InChI=1S/C16H21N3O2S/c1-3-13(20-7-1)9-19(10-14-4-2-8-22-14)11-15-17-16(18-21-15)12-5-6-12/h2,4,8,12-13H,1,3,5-7,9-11H2. The minimum Gasteiger partial charge on any atom is -0.377 e. The predicted octanol–water partition coefficient (Wildman–Crippen LogP) is 3.19. The minimum absolute atomic E-state index is 0.339. The Kier molecular flexibility index (Phi) is 4.23. The summed E-state index contributed by atoms with van der Waals surface area (Å²) in [5.41, 5.74) is 0. The Morgan fingerprint density at radius 1 is 1.27 bits per heavy atom. The highest BCUT2D eigenvalue weighted by Gasteiger charge is 2.29. The van der Waals surface area contributed by atoms with Gasteiger partial charge in [-0.1, -0.05) is 11.2 Å². The van der Waals surface area contributed by atoms with E-state index in [1.165, 1.54) is 24.1 Å². The molecule has 1 atom stereocenters. The molecule has 0 radical (unpaired) electrons. The van der Waals surface area contributed by atoms with Crippen molar-refractivity contribution < 1.29 is 9.26 Å². The van der Waals surface area contributed by atoms with Crippen LogP contribution in [0.25, 0.3) is 0 Å². The molecule has 0 spiro atoms. The molecule has 1 saturated carbocycles. The van der Waals surface area contributed by atoms with Crippen molar-refractivity contribution in [1.82, 2.24) is 15.0 Å². The second-order valence-corrected chi connectivity index (χ2v) is 7.24. The van der Waals surface area contributed by atoms with Gasteiger partial charge in [-0.25, -0.2) is 0 Å². The van der Waals surface area contributed by atoms with Crippen LogP contribution in [0, 0.1) is 0 Å². The maximum absolute atomic E-state index is 5.79. The topological polar surface area (TPSA) is 51.4 Å². The second-order valence-electron chi connectivity index (χ2n) is 6.20. The first-order valence-corrected chi connectivity index (χ1v) is 8.93. The highest BCUT2D eigenvalue weighted by molar-refractivity contribution is 7.09. The first kappa shape index (κ1) is 14.4. The highest BCUT2D eigenvalue weighted by Crippen LogP contribution is 2.38. The maximum atomic E-state index is 5.79. The summed E-state index contributed by atoms with van der Waals surface area (Å²) in [7, 11) is 0. The van der Waals surface area contributed by atoms with Crippen molar-refractivity contribution in [3.8, 4) is 0 Å². The third-order valence-electron chi connectivity index (χ3n) is 4.23. The summed E-state index contributed by atoms with van der Waals surface area (Å²) in [6.45, 7) is 3.44. The van der Waals surface area contributed by atoms with E-state index in [0.717, 1.165) is 37.8 Å². The summed E-state index contributed by atoms with van der Waals surface area (Å²) >= 11 is 1.79. The predicted molar refractivity (Wildman–Crippen MR) is 83.7 cm³/mol. The van der Waals surface area contributed by atoms with Crippen molar-refractivity contribution in [3.05, 3.63) is 34.1 Å². The number of thiophene rings is 1. The summed E-state index contributed by atoms with van der Waals surface area (Å²) in [5.74, 6) is 2.17. The zero-order valence-electron chi connectivity index (χ0n) is 12.6. The summed E-state index contributed by atoms with van der Waals surface area (Å²) in [6.07, 6.45) is 5.06. The third-order valence-corrected chi connectivity index (χ3v) is 5.09. The van der Waals surface area contributed by atoms with Crippen molar-refractivity contribution in [3.63, 3.8) is 0 Å². The Hall–Kier alpha value is -1.24. The van der Waals surface area contributed by atoms with Crippen molar-refractivity contribution in [1.29, 1.82) is 0 Å². The largest absolute Gasteiger partial charge is 0.377 e. The average Bonchev–Trinajstić information content (AvgIpc) is 2.96. The maximum Gasteiger partial charge on any atom is 0.240 e. The normalized spacial score (nSPS) is 21.8. The van der Waals surface area contributed by atoms with E-state index in [1.54, 1.807) is 11.3 Å². The van der Waals surface area contributed by atoms with E-state index in [0.29, 0.717) is 18.6 Å². The summed E-state index contributed by atoms with van der Waals surface area (Å²) in [6, 6.07) is 4.28. The molecule has 0 bridgehead atoms. The lowest BCUT2D eigenvalue weighted by atomic mass is 10.2. The van der Waals surface area contributed by atoms with Gasteiger partial charge in [-0.2, -0.15) is 4.98 Å². The molecule has 0 N–H and O–H groups in total. The number of aromatic nitrogens is 2. The molecule has 6 heteroatoms. The van der Waals surface area contributed by atoms with Gasteiger partial charge in [0.05, 0.1) is 12.6 Å². The van der Waals surface area contributed by atoms with Gasteiger partial charge in [-0.15, -0.1) is 11.3 Å². The van der Waals surface area contributed by atoms with Gasteiger partial charge in [0.15, 0.2) is 5.82 Å². The van der Waals surface area contributed by atoms with Crippen LogP contribution >= 0.6 is 11.3 Å². The number of hydrogen-bond donors (Lipinski definition) is 0. The summed E-state index contributed by atoms with van der Waals surface area (Å²) < 4.78 is 11.2.